The van der Waals surface area contributed by atoms with Crippen LogP contribution in [0.5, 0.6) is 17.2 Å². The molecule has 0 aliphatic heterocycles. The van der Waals surface area contributed by atoms with Gasteiger partial charge in [0, 0.05) is 24.0 Å². The second kappa shape index (κ2) is 8.80. The summed E-state index contributed by atoms with van der Waals surface area (Å²) >= 11 is 0. The number of aromatic nitrogens is 1. The van der Waals surface area contributed by atoms with Crippen molar-refractivity contribution in [2.75, 3.05) is 14.2 Å². The van der Waals surface area contributed by atoms with Crippen molar-refractivity contribution in [1.29, 1.82) is 0 Å². The molecule has 6 heteroatoms. The fourth-order valence-electron chi connectivity index (χ4n) is 3.67. The van der Waals surface area contributed by atoms with Gasteiger partial charge in [-0.2, -0.15) is 0 Å². The average molecular weight is 401 g/mol. The molecule has 1 amide bonds. The summed E-state index contributed by atoms with van der Waals surface area (Å²) in [5.41, 5.74) is 0.675. The van der Waals surface area contributed by atoms with Crippen molar-refractivity contribution in [1.82, 2.24) is 9.88 Å². The summed E-state index contributed by atoms with van der Waals surface area (Å²) in [4.78, 5) is 12.6. The Hall–Kier alpha value is -2.63. The fraction of sp³-hybridized carbons (Fsp3) is 0.522. The molecular weight excluding hydrogens is 368 g/mol. The van der Waals surface area contributed by atoms with E-state index in [1.54, 1.807) is 14.2 Å². The van der Waals surface area contributed by atoms with Gasteiger partial charge in [0.1, 0.15) is 0 Å². The molecule has 0 saturated heterocycles. The first-order valence-electron chi connectivity index (χ1n) is 10.2. The number of hydrogen-bond acceptors (Lipinski definition) is 4. The van der Waals surface area contributed by atoms with E-state index in [-0.39, 0.29) is 23.6 Å². The molecule has 1 fully saturated rings. The topological polar surface area (TPSA) is 61.7 Å². The van der Waals surface area contributed by atoms with Crippen molar-refractivity contribution in [3.63, 3.8) is 0 Å². The first-order valence-corrected chi connectivity index (χ1v) is 10.2. The van der Waals surface area contributed by atoms with E-state index in [0.29, 0.717) is 22.8 Å². The number of methoxy groups -OCH3 is 2. The molecule has 2 aromatic rings. The first-order chi connectivity index (χ1) is 13.8. The van der Waals surface area contributed by atoms with Gasteiger partial charge in [0.25, 0.3) is 5.91 Å². The summed E-state index contributed by atoms with van der Waals surface area (Å²) in [7, 11) is 3.23. The molecular formula is C23H32N2O4. The van der Waals surface area contributed by atoms with E-state index < -0.39 is 0 Å². The van der Waals surface area contributed by atoms with Crippen molar-refractivity contribution < 1.29 is 19.0 Å². The van der Waals surface area contributed by atoms with Gasteiger partial charge >= 0.3 is 0 Å². The first kappa shape index (κ1) is 21.1. The Kier molecular flexibility index (Phi) is 6.40. The van der Waals surface area contributed by atoms with Crippen LogP contribution in [0.3, 0.4) is 0 Å². The zero-order valence-electron chi connectivity index (χ0n) is 18.0. The summed E-state index contributed by atoms with van der Waals surface area (Å²) in [5.74, 6) is 1.97. The number of hydrogen-bond donors (Lipinski definition) is 1. The van der Waals surface area contributed by atoms with E-state index in [9.17, 15) is 4.79 Å². The number of ether oxygens (including phenoxy) is 3. The monoisotopic (exact) mass is 400 g/mol. The van der Waals surface area contributed by atoms with Crippen LogP contribution >= 0.6 is 0 Å². The number of rotatable bonds is 6. The molecule has 1 aromatic carbocycles. The Balaban J connectivity index is 1.53. The van der Waals surface area contributed by atoms with Gasteiger partial charge in [0.15, 0.2) is 11.5 Å². The Morgan fingerprint density at radius 2 is 1.72 bits per heavy atom. The van der Waals surface area contributed by atoms with Crippen LogP contribution in [0.15, 0.2) is 36.7 Å². The van der Waals surface area contributed by atoms with Gasteiger partial charge < -0.3 is 24.1 Å². The second-order valence-corrected chi connectivity index (χ2v) is 8.53. The predicted molar refractivity (Wildman–Crippen MR) is 113 cm³/mol. The van der Waals surface area contributed by atoms with Crippen LogP contribution in [-0.4, -0.2) is 36.8 Å². The highest BCUT2D eigenvalue weighted by molar-refractivity contribution is 5.94. The molecule has 29 heavy (non-hydrogen) atoms. The lowest BCUT2D eigenvalue weighted by Crippen LogP contribution is -2.39. The molecule has 0 unspecified atom stereocenters. The molecule has 0 atom stereocenters. The Bertz CT molecular complexity index is 830. The van der Waals surface area contributed by atoms with E-state index in [0.717, 1.165) is 25.7 Å². The number of nitrogens with one attached hydrogen (secondary N) is 1. The lowest BCUT2D eigenvalue weighted by atomic mass is 9.92. The third-order valence-electron chi connectivity index (χ3n) is 5.40. The Morgan fingerprint density at radius 3 is 2.31 bits per heavy atom. The number of carbonyl (C=O) groups is 1. The van der Waals surface area contributed by atoms with Gasteiger partial charge in [0.05, 0.1) is 25.9 Å². The van der Waals surface area contributed by atoms with Crippen LogP contribution in [0, 0.1) is 0 Å². The fourth-order valence-corrected chi connectivity index (χ4v) is 3.67. The van der Waals surface area contributed by atoms with E-state index >= 15 is 0 Å². The minimum absolute atomic E-state index is 0.00756. The zero-order valence-corrected chi connectivity index (χ0v) is 18.0. The lowest BCUT2D eigenvalue weighted by Gasteiger charge is -2.30. The van der Waals surface area contributed by atoms with E-state index in [4.69, 9.17) is 14.2 Å². The number of amides is 1. The zero-order chi connectivity index (χ0) is 21.0. The van der Waals surface area contributed by atoms with Crippen LogP contribution < -0.4 is 19.5 Å². The summed E-state index contributed by atoms with van der Waals surface area (Å²) in [6, 6.07) is 7.70. The van der Waals surface area contributed by atoms with Gasteiger partial charge in [-0.1, -0.05) is 6.07 Å². The number of benzene rings is 1. The molecule has 1 aromatic heterocycles. The normalized spacial score (nSPS) is 19.5. The molecule has 1 aliphatic rings. The number of carbonyl (C=O) groups excluding carboxylic acids is 1. The molecule has 1 N–H and O–H groups in total. The van der Waals surface area contributed by atoms with E-state index in [1.807, 2.05) is 36.7 Å². The summed E-state index contributed by atoms with van der Waals surface area (Å²) in [5, 5.41) is 3.17. The van der Waals surface area contributed by atoms with Crippen molar-refractivity contribution in [2.24, 2.45) is 0 Å². The average Bonchev–Trinajstić information content (AvgIpc) is 3.20. The molecule has 1 heterocycles. The van der Waals surface area contributed by atoms with Gasteiger partial charge in [-0.15, -0.1) is 0 Å². The molecule has 3 rings (SSSR count). The molecule has 1 aliphatic carbocycles. The number of para-hydroxylation sites is 1. The van der Waals surface area contributed by atoms with Crippen molar-refractivity contribution >= 4 is 5.91 Å². The highest BCUT2D eigenvalue weighted by Crippen LogP contribution is 2.38. The van der Waals surface area contributed by atoms with Crippen LogP contribution in [-0.2, 0) is 5.54 Å². The molecule has 158 valence electrons. The van der Waals surface area contributed by atoms with Crippen molar-refractivity contribution in [3.05, 3.63) is 42.2 Å². The van der Waals surface area contributed by atoms with E-state index in [1.165, 1.54) is 0 Å². The molecule has 6 nitrogen and oxygen atoms in total. The molecule has 0 radical (unpaired) electrons. The maximum absolute atomic E-state index is 12.6. The van der Waals surface area contributed by atoms with Crippen molar-refractivity contribution in [2.45, 2.75) is 64.1 Å². The second-order valence-electron chi connectivity index (χ2n) is 8.53. The SMILES string of the molecule is COc1cccc(OC2CCC(NC(=O)c3ccn(C(C)(C)C)c3)CC2)c1OC. The number of nitrogens with zero attached hydrogens (tertiary/aromatic N) is 1. The van der Waals surface area contributed by atoms with Gasteiger partial charge in [-0.25, -0.2) is 0 Å². The molecule has 0 spiro atoms. The third-order valence-corrected chi connectivity index (χ3v) is 5.40. The van der Waals surface area contributed by atoms with Gasteiger partial charge in [-0.05, 0) is 64.7 Å². The van der Waals surface area contributed by atoms with Crippen LogP contribution in [0.25, 0.3) is 0 Å². The van der Waals surface area contributed by atoms with Crippen molar-refractivity contribution in [3.8, 4) is 17.2 Å². The summed E-state index contributed by atoms with van der Waals surface area (Å²) < 4.78 is 19.0. The maximum atomic E-state index is 12.6. The van der Waals surface area contributed by atoms with Crippen LogP contribution in [0.1, 0.15) is 56.8 Å². The largest absolute Gasteiger partial charge is 0.493 e. The Morgan fingerprint density at radius 1 is 1.03 bits per heavy atom. The quantitative estimate of drug-likeness (QED) is 0.782. The van der Waals surface area contributed by atoms with E-state index in [2.05, 4.69) is 30.7 Å². The maximum Gasteiger partial charge on any atom is 0.253 e. The predicted octanol–water partition coefficient (Wildman–Crippen LogP) is 4.38. The molecule has 1 saturated carbocycles. The summed E-state index contributed by atoms with van der Waals surface area (Å²) in [6.45, 7) is 6.35. The lowest BCUT2D eigenvalue weighted by molar-refractivity contribution is 0.0891. The summed E-state index contributed by atoms with van der Waals surface area (Å²) in [6.07, 6.45) is 7.53. The smallest absolute Gasteiger partial charge is 0.253 e. The van der Waals surface area contributed by atoms with Gasteiger partial charge in [-0.3, -0.25) is 4.79 Å². The highest BCUT2D eigenvalue weighted by atomic mass is 16.5. The Labute approximate surface area is 173 Å². The standard InChI is InChI=1S/C23H32N2O4/c1-23(2,3)25-14-13-16(15-25)22(26)24-17-9-11-18(12-10-17)29-20-8-6-7-19(27-4)21(20)28-5/h6-8,13-15,17-18H,9-12H2,1-5H3,(H,24,26). The minimum Gasteiger partial charge on any atom is -0.493 e. The highest BCUT2D eigenvalue weighted by Gasteiger charge is 2.26. The van der Waals surface area contributed by atoms with Gasteiger partial charge in [0.2, 0.25) is 5.75 Å². The van der Waals surface area contributed by atoms with Crippen LogP contribution in [0.4, 0.5) is 0 Å². The molecule has 0 bridgehead atoms. The third kappa shape index (κ3) is 5.05. The van der Waals surface area contributed by atoms with Crippen LogP contribution in [0.2, 0.25) is 0 Å². The minimum atomic E-state index is -0.0326.